The van der Waals surface area contributed by atoms with E-state index in [1.165, 1.54) is 6.21 Å². The molecule has 0 aliphatic carbocycles. The maximum absolute atomic E-state index is 12.2. The van der Waals surface area contributed by atoms with E-state index in [9.17, 15) is 9.59 Å². The number of benzene rings is 3. The molecule has 0 aliphatic rings. The summed E-state index contributed by atoms with van der Waals surface area (Å²) >= 11 is 5.86. The Morgan fingerprint density at radius 2 is 1.68 bits per heavy atom. The smallest absolute Gasteiger partial charge is 0.343 e. The monoisotopic (exact) mass is 438 g/mol. The second kappa shape index (κ2) is 10.8. The summed E-state index contributed by atoms with van der Waals surface area (Å²) in [7, 11) is 1.55. The number of amides is 1. The molecule has 0 heterocycles. The number of hydrazone groups is 1. The van der Waals surface area contributed by atoms with Crippen molar-refractivity contribution in [3.05, 3.63) is 88.9 Å². The fourth-order valence-electron chi connectivity index (χ4n) is 2.43. The van der Waals surface area contributed by atoms with Crippen LogP contribution in [0.5, 0.6) is 17.2 Å². The Balaban J connectivity index is 1.46. The molecule has 158 valence electrons. The van der Waals surface area contributed by atoms with Crippen LogP contribution in [0.4, 0.5) is 0 Å². The summed E-state index contributed by atoms with van der Waals surface area (Å²) in [6, 6.07) is 20.0. The highest BCUT2D eigenvalue weighted by Gasteiger charge is 2.08. The van der Waals surface area contributed by atoms with Gasteiger partial charge in [-0.25, -0.2) is 10.2 Å². The molecule has 31 heavy (non-hydrogen) atoms. The summed E-state index contributed by atoms with van der Waals surface area (Å²) in [4.78, 5) is 24.0. The topological polar surface area (TPSA) is 86.2 Å². The van der Waals surface area contributed by atoms with Gasteiger partial charge in [-0.05, 0) is 72.3 Å². The van der Waals surface area contributed by atoms with Gasteiger partial charge < -0.3 is 14.2 Å². The van der Waals surface area contributed by atoms with Crippen LogP contribution in [-0.4, -0.2) is 31.8 Å². The van der Waals surface area contributed by atoms with Crippen molar-refractivity contribution in [3.63, 3.8) is 0 Å². The van der Waals surface area contributed by atoms with Crippen molar-refractivity contribution in [2.24, 2.45) is 5.10 Å². The fourth-order valence-corrected chi connectivity index (χ4v) is 2.61. The van der Waals surface area contributed by atoms with E-state index in [1.807, 2.05) is 0 Å². The van der Waals surface area contributed by atoms with E-state index in [2.05, 4.69) is 10.5 Å². The molecular formula is C23H19ClN2O5. The standard InChI is InChI=1S/C23H19ClN2O5/c1-29-19-11-7-17(8-12-19)23(28)31-20-9-5-16(6-10-20)14-25-26-22(27)15-30-21-4-2-3-18(24)13-21/h2-14H,15H2,1H3,(H,26,27)/b25-14-. The number of carbonyl (C=O) groups excluding carboxylic acids is 2. The Morgan fingerprint density at radius 3 is 2.35 bits per heavy atom. The molecule has 0 radical (unpaired) electrons. The number of carbonyl (C=O) groups is 2. The molecule has 0 aromatic heterocycles. The molecule has 0 fully saturated rings. The lowest BCUT2D eigenvalue weighted by Crippen LogP contribution is -2.24. The lowest BCUT2D eigenvalue weighted by Gasteiger charge is -2.06. The van der Waals surface area contributed by atoms with Gasteiger partial charge in [-0.15, -0.1) is 0 Å². The Morgan fingerprint density at radius 1 is 0.968 bits per heavy atom. The van der Waals surface area contributed by atoms with Crippen LogP contribution in [0.1, 0.15) is 15.9 Å². The first-order chi connectivity index (χ1) is 15.0. The van der Waals surface area contributed by atoms with Gasteiger partial charge in [0.25, 0.3) is 5.91 Å². The van der Waals surface area contributed by atoms with Crippen LogP contribution in [0.2, 0.25) is 5.02 Å². The van der Waals surface area contributed by atoms with Gasteiger partial charge >= 0.3 is 5.97 Å². The van der Waals surface area contributed by atoms with Gasteiger partial charge in [0.2, 0.25) is 0 Å². The largest absolute Gasteiger partial charge is 0.497 e. The molecule has 1 amide bonds. The molecule has 8 heteroatoms. The quantitative estimate of drug-likeness (QED) is 0.248. The summed E-state index contributed by atoms with van der Waals surface area (Å²) in [5.41, 5.74) is 3.49. The van der Waals surface area contributed by atoms with Crippen LogP contribution in [0.15, 0.2) is 77.9 Å². The molecule has 0 saturated heterocycles. The molecule has 1 N–H and O–H groups in total. The number of hydrogen-bond donors (Lipinski definition) is 1. The first-order valence-corrected chi connectivity index (χ1v) is 9.58. The van der Waals surface area contributed by atoms with Gasteiger partial charge in [-0.2, -0.15) is 5.10 Å². The summed E-state index contributed by atoms with van der Waals surface area (Å²) < 4.78 is 15.7. The van der Waals surface area contributed by atoms with Crippen molar-refractivity contribution in [1.29, 1.82) is 0 Å². The van der Waals surface area contributed by atoms with Crippen molar-refractivity contribution in [2.45, 2.75) is 0 Å². The minimum absolute atomic E-state index is 0.196. The number of rotatable bonds is 8. The third-order valence-electron chi connectivity index (χ3n) is 3.99. The van der Waals surface area contributed by atoms with Crippen molar-refractivity contribution in [3.8, 4) is 17.2 Å². The van der Waals surface area contributed by atoms with Crippen molar-refractivity contribution in [1.82, 2.24) is 5.43 Å². The molecule has 0 aliphatic heterocycles. The predicted molar refractivity (Wildman–Crippen MR) is 117 cm³/mol. The number of esters is 1. The third-order valence-corrected chi connectivity index (χ3v) is 4.22. The van der Waals surface area contributed by atoms with E-state index in [-0.39, 0.29) is 6.61 Å². The molecule has 3 rings (SSSR count). The van der Waals surface area contributed by atoms with E-state index >= 15 is 0 Å². The molecular weight excluding hydrogens is 420 g/mol. The van der Waals surface area contributed by atoms with Crippen molar-refractivity contribution in [2.75, 3.05) is 13.7 Å². The Kier molecular flexibility index (Phi) is 7.61. The minimum Gasteiger partial charge on any atom is -0.497 e. The SMILES string of the molecule is COc1ccc(C(=O)Oc2ccc(/C=N\NC(=O)COc3cccc(Cl)c3)cc2)cc1. The van der Waals surface area contributed by atoms with Crippen LogP contribution in [0.25, 0.3) is 0 Å². The fraction of sp³-hybridized carbons (Fsp3) is 0.0870. The maximum Gasteiger partial charge on any atom is 0.343 e. The van der Waals surface area contributed by atoms with Crippen LogP contribution in [0, 0.1) is 0 Å². The van der Waals surface area contributed by atoms with E-state index < -0.39 is 11.9 Å². The summed E-state index contributed by atoms with van der Waals surface area (Å²) in [5.74, 6) is 0.643. The Hall–Kier alpha value is -3.84. The molecule has 0 bridgehead atoms. The molecule has 3 aromatic rings. The van der Waals surface area contributed by atoms with Gasteiger partial charge in [-0.1, -0.05) is 17.7 Å². The van der Waals surface area contributed by atoms with Gasteiger partial charge in [-0.3, -0.25) is 4.79 Å². The molecule has 3 aromatic carbocycles. The zero-order valence-corrected chi connectivity index (χ0v) is 17.3. The second-order valence-electron chi connectivity index (χ2n) is 6.23. The highest BCUT2D eigenvalue weighted by atomic mass is 35.5. The van der Waals surface area contributed by atoms with E-state index in [0.29, 0.717) is 33.4 Å². The van der Waals surface area contributed by atoms with Crippen LogP contribution >= 0.6 is 11.6 Å². The number of halogens is 1. The van der Waals surface area contributed by atoms with Gasteiger partial charge in [0.1, 0.15) is 17.2 Å². The Labute approximate surface area is 184 Å². The normalized spacial score (nSPS) is 10.5. The predicted octanol–water partition coefficient (Wildman–Crippen LogP) is 4.10. The Bertz CT molecular complexity index is 1070. The zero-order valence-electron chi connectivity index (χ0n) is 16.6. The number of ether oxygens (including phenoxy) is 3. The molecule has 0 atom stereocenters. The minimum atomic E-state index is -0.476. The highest BCUT2D eigenvalue weighted by Crippen LogP contribution is 2.17. The third kappa shape index (κ3) is 6.87. The number of nitrogens with one attached hydrogen (secondary N) is 1. The van der Waals surface area contributed by atoms with Gasteiger partial charge in [0.05, 0.1) is 18.9 Å². The average Bonchev–Trinajstić information content (AvgIpc) is 2.79. The van der Waals surface area contributed by atoms with Crippen LogP contribution < -0.4 is 19.6 Å². The summed E-state index contributed by atoms with van der Waals surface area (Å²) in [5, 5.41) is 4.40. The van der Waals surface area contributed by atoms with Crippen molar-refractivity contribution < 1.29 is 23.8 Å². The average molecular weight is 439 g/mol. The molecule has 7 nitrogen and oxygen atoms in total. The zero-order chi connectivity index (χ0) is 22.1. The number of nitrogens with zero attached hydrogens (tertiary/aromatic N) is 1. The van der Waals surface area contributed by atoms with Crippen LogP contribution in [-0.2, 0) is 4.79 Å². The van der Waals surface area contributed by atoms with E-state index in [4.69, 9.17) is 25.8 Å². The van der Waals surface area contributed by atoms with Gasteiger partial charge in [0, 0.05) is 5.02 Å². The number of methoxy groups -OCH3 is 1. The van der Waals surface area contributed by atoms with E-state index in [1.54, 1.807) is 79.9 Å². The lowest BCUT2D eigenvalue weighted by atomic mass is 10.2. The maximum atomic E-state index is 12.2. The number of hydrogen-bond acceptors (Lipinski definition) is 6. The molecule has 0 unspecified atom stereocenters. The first-order valence-electron chi connectivity index (χ1n) is 9.20. The highest BCUT2D eigenvalue weighted by molar-refractivity contribution is 6.30. The summed E-state index contributed by atoms with van der Waals surface area (Å²) in [6.07, 6.45) is 1.46. The first kappa shape index (κ1) is 21.9. The lowest BCUT2D eigenvalue weighted by molar-refractivity contribution is -0.123. The molecule has 0 saturated carbocycles. The molecule has 0 spiro atoms. The summed E-state index contributed by atoms with van der Waals surface area (Å²) in [6.45, 7) is -0.196. The van der Waals surface area contributed by atoms with Gasteiger partial charge in [0.15, 0.2) is 6.61 Å². The van der Waals surface area contributed by atoms with Crippen molar-refractivity contribution >= 4 is 29.7 Å². The second-order valence-corrected chi connectivity index (χ2v) is 6.66. The van der Waals surface area contributed by atoms with Crippen LogP contribution in [0.3, 0.4) is 0 Å². The van der Waals surface area contributed by atoms with E-state index in [0.717, 1.165) is 0 Å².